The number of rotatable bonds is 1. The van der Waals surface area contributed by atoms with Gasteiger partial charge < -0.3 is 9.31 Å². The van der Waals surface area contributed by atoms with E-state index in [2.05, 4.69) is 4.98 Å². The first-order valence-corrected chi connectivity index (χ1v) is 5.36. The molecule has 2 heterocycles. The highest BCUT2D eigenvalue weighted by Crippen LogP contribution is 2.36. The van der Waals surface area contributed by atoms with E-state index in [0.29, 0.717) is 5.59 Å². The summed E-state index contributed by atoms with van der Waals surface area (Å²) in [5, 5.41) is 0. The maximum Gasteiger partial charge on any atom is 0.514 e. The van der Waals surface area contributed by atoms with E-state index in [9.17, 15) is 0 Å². The van der Waals surface area contributed by atoms with Gasteiger partial charge in [-0.1, -0.05) is 6.07 Å². The molecule has 86 valence electrons. The molecule has 0 spiro atoms. The van der Waals surface area contributed by atoms with E-state index in [0.717, 1.165) is 0 Å². The molecule has 0 amide bonds. The van der Waals surface area contributed by atoms with Gasteiger partial charge in [0.15, 0.2) is 0 Å². The number of pyridine rings is 1. The molecule has 2 rings (SSSR count). The molecule has 0 aliphatic carbocycles. The van der Waals surface area contributed by atoms with Gasteiger partial charge in [0, 0.05) is 9.81 Å². The van der Waals surface area contributed by atoms with Crippen molar-refractivity contribution in [1.82, 2.24) is 4.98 Å². The molecule has 16 heavy (non-hydrogen) atoms. The third-order valence-corrected chi connectivity index (χ3v) is 3.27. The zero-order chi connectivity index (χ0) is 14.5. The molecule has 0 radical (unpaired) electrons. The summed E-state index contributed by atoms with van der Waals surface area (Å²) in [6, 6.07) is 4.87. The molecule has 0 unspecified atom stereocenters. The van der Waals surface area contributed by atoms with E-state index in [1.54, 1.807) is 12.1 Å². The highest BCUT2D eigenvalue weighted by Gasteiger charge is 2.52. The molecule has 1 saturated heterocycles. The average Bonchev–Trinajstić information content (AvgIpc) is 2.47. The Bertz CT molecular complexity index is 472. The first kappa shape index (κ1) is 8.26. The molecular weight excluding hydrogens is 201 g/mol. The summed E-state index contributed by atoms with van der Waals surface area (Å²) in [5.74, 6) is 0. The van der Waals surface area contributed by atoms with Gasteiger partial charge in [-0.15, -0.1) is 0 Å². The van der Waals surface area contributed by atoms with E-state index in [1.807, 2.05) is 27.7 Å². The summed E-state index contributed by atoms with van der Waals surface area (Å²) >= 11 is 0. The van der Waals surface area contributed by atoms with E-state index < -0.39 is 25.2 Å². The molecule has 0 aromatic carbocycles. The van der Waals surface area contributed by atoms with Crippen LogP contribution in [0.15, 0.2) is 18.2 Å². The van der Waals surface area contributed by atoms with Crippen LogP contribution in [0.3, 0.4) is 0 Å². The fraction of sp³-hybridized carbons (Fsp3) is 0.583. The molecule has 1 aromatic heterocycles. The summed E-state index contributed by atoms with van der Waals surface area (Å²) in [5.41, 5.74) is -0.378. The van der Waals surface area contributed by atoms with Gasteiger partial charge in [0.25, 0.3) is 0 Å². The molecule has 1 fully saturated rings. The lowest BCUT2D eigenvalue weighted by molar-refractivity contribution is 0.00578. The quantitative estimate of drug-likeness (QED) is 0.677. The van der Waals surface area contributed by atoms with Crippen LogP contribution in [0, 0.1) is 6.85 Å². The van der Waals surface area contributed by atoms with Gasteiger partial charge in [0.2, 0.25) is 0 Å². The van der Waals surface area contributed by atoms with Crippen molar-refractivity contribution in [2.45, 2.75) is 45.7 Å². The summed E-state index contributed by atoms with van der Waals surface area (Å²) in [6.07, 6.45) is 0. The van der Waals surface area contributed by atoms with E-state index >= 15 is 0 Å². The van der Waals surface area contributed by atoms with Crippen molar-refractivity contribution in [2.24, 2.45) is 0 Å². The fourth-order valence-corrected chi connectivity index (χ4v) is 1.55. The maximum absolute atomic E-state index is 7.39. The molecule has 4 heteroatoms. The van der Waals surface area contributed by atoms with Crippen LogP contribution >= 0.6 is 0 Å². The van der Waals surface area contributed by atoms with Gasteiger partial charge in [0.1, 0.15) is 0 Å². The van der Waals surface area contributed by atoms with Gasteiger partial charge in [-0.25, -0.2) is 0 Å². The van der Waals surface area contributed by atoms with E-state index in [-0.39, 0.29) is 5.69 Å². The van der Waals surface area contributed by atoms with Crippen LogP contribution in [0.25, 0.3) is 0 Å². The Hall–Kier alpha value is -0.865. The van der Waals surface area contributed by atoms with Crippen LogP contribution in [-0.2, 0) is 9.31 Å². The predicted molar refractivity (Wildman–Crippen MR) is 64.7 cm³/mol. The minimum atomic E-state index is -2.22. The second-order valence-corrected chi connectivity index (χ2v) is 5.04. The van der Waals surface area contributed by atoms with E-state index in [1.165, 1.54) is 6.07 Å². The summed E-state index contributed by atoms with van der Waals surface area (Å²) in [6.45, 7) is 5.56. The molecule has 1 aliphatic heterocycles. The van der Waals surface area contributed by atoms with Crippen molar-refractivity contribution in [2.75, 3.05) is 0 Å². The Labute approximate surface area is 102 Å². The first-order valence-electron chi connectivity index (χ1n) is 6.86. The topological polar surface area (TPSA) is 31.4 Å². The van der Waals surface area contributed by atoms with Crippen LogP contribution in [0.5, 0.6) is 0 Å². The lowest BCUT2D eigenvalue weighted by Gasteiger charge is -2.32. The van der Waals surface area contributed by atoms with Crippen molar-refractivity contribution in [3.8, 4) is 0 Å². The SMILES string of the molecule is [2H]C([2H])([2H])c1cccc(B2OC(C)(C)C(C)(C)O2)n1. The lowest BCUT2D eigenvalue weighted by atomic mass is 9.84. The fourth-order valence-electron chi connectivity index (χ4n) is 1.55. The Morgan fingerprint density at radius 2 is 1.81 bits per heavy atom. The maximum atomic E-state index is 7.39. The smallest absolute Gasteiger partial charge is 0.398 e. The van der Waals surface area contributed by atoms with Crippen molar-refractivity contribution in [3.05, 3.63) is 23.9 Å². The van der Waals surface area contributed by atoms with Crippen LogP contribution in [0.2, 0.25) is 0 Å². The summed E-state index contributed by atoms with van der Waals surface area (Å²) < 4.78 is 33.9. The average molecular weight is 222 g/mol. The molecule has 0 bridgehead atoms. The minimum Gasteiger partial charge on any atom is -0.398 e. The zero-order valence-corrected chi connectivity index (χ0v) is 10.1. The summed E-state index contributed by atoms with van der Waals surface area (Å²) in [7, 11) is -0.632. The number of aryl methyl sites for hydroxylation is 1. The monoisotopic (exact) mass is 222 g/mol. The van der Waals surface area contributed by atoms with Gasteiger partial charge >= 0.3 is 7.12 Å². The van der Waals surface area contributed by atoms with Crippen LogP contribution in [0.4, 0.5) is 0 Å². The highest BCUT2D eigenvalue weighted by molar-refractivity contribution is 6.61. The zero-order valence-electron chi connectivity index (χ0n) is 13.1. The Balaban J connectivity index is 2.30. The third kappa shape index (κ3) is 1.87. The molecule has 0 atom stereocenters. The van der Waals surface area contributed by atoms with Crippen molar-refractivity contribution < 1.29 is 13.4 Å². The second-order valence-electron chi connectivity index (χ2n) is 5.04. The Morgan fingerprint density at radius 3 is 2.38 bits per heavy atom. The molecule has 3 nitrogen and oxygen atoms in total. The van der Waals surface area contributed by atoms with Crippen LogP contribution < -0.4 is 5.59 Å². The predicted octanol–water partition coefficient (Wildman–Crippen LogP) is 1.69. The standard InChI is InChI=1S/C12H18BNO2/c1-9-7-6-8-10(14-9)13-15-11(2,3)12(4,5)16-13/h6-8H,1-5H3/i1D3. The Kier molecular flexibility index (Phi) is 1.84. The molecular formula is C12H18BNO2. The van der Waals surface area contributed by atoms with Gasteiger partial charge in [0.05, 0.1) is 16.8 Å². The molecule has 1 aromatic rings. The van der Waals surface area contributed by atoms with Crippen molar-refractivity contribution in [1.29, 1.82) is 0 Å². The lowest BCUT2D eigenvalue weighted by Crippen LogP contribution is -2.41. The Morgan fingerprint density at radius 1 is 1.19 bits per heavy atom. The number of aromatic nitrogens is 1. The second kappa shape index (κ2) is 3.57. The normalized spacial score (nSPS) is 26.0. The molecule has 1 aliphatic rings. The first-order chi connectivity index (χ1) is 8.53. The van der Waals surface area contributed by atoms with E-state index in [4.69, 9.17) is 13.4 Å². The number of hydrogen-bond acceptors (Lipinski definition) is 3. The number of nitrogens with zero attached hydrogens (tertiary/aromatic N) is 1. The number of hydrogen-bond donors (Lipinski definition) is 0. The van der Waals surface area contributed by atoms with Crippen LogP contribution in [0.1, 0.15) is 37.5 Å². The van der Waals surface area contributed by atoms with Gasteiger partial charge in [-0.3, -0.25) is 4.98 Å². The summed E-state index contributed by atoms with van der Waals surface area (Å²) in [4.78, 5) is 4.14. The molecule has 0 saturated carbocycles. The highest BCUT2D eigenvalue weighted by atomic mass is 16.7. The van der Waals surface area contributed by atoms with Crippen molar-refractivity contribution >= 4 is 12.7 Å². The van der Waals surface area contributed by atoms with Crippen molar-refractivity contribution in [3.63, 3.8) is 0 Å². The van der Waals surface area contributed by atoms with Crippen LogP contribution in [-0.4, -0.2) is 23.3 Å². The van der Waals surface area contributed by atoms with Gasteiger partial charge in [-0.05, 0) is 46.7 Å². The van der Waals surface area contributed by atoms with Gasteiger partial charge in [-0.2, -0.15) is 0 Å². The molecule has 0 N–H and O–H groups in total. The minimum absolute atomic E-state index is 0.0553. The largest absolute Gasteiger partial charge is 0.514 e. The third-order valence-electron chi connectivity index (χ3n) is 3.27.